The van der Waals surface area contributed by atoms with E-state index in [-0.39, 0.29) is 11.4 Å². The second kappa shape index (κ2) is 8.30. The zero-order chi connectivity index (χ0) is 17.5. The van der Waals surface area contributed by atoms with Gasteiger partial charge in [-0.25, -0.2) is 8.78 Å². The summed E-state index contributed by atoms with van der Waals surface area (Å²) in [5.74, 6) is -1.85. The van der Waals surface area contributed by atoms with Crippen molar-refractivity contribution >= 4 is 17.5 Å². The van der Waals surface area contributed by atoms with Crippen LogP contribution in [0.25, 0.3) is 0 Å². The number of carbonyl (C=O) groups is 1. The molecule has 8 heteroatoms. The lowest BCUT2D eigenvalue weighted by molar-refractivity contribution is 0.102. The van der Waals surface area contributed by atoms with Crippen LogP contribution in [0.1, 0.15) is 16.8 Å². The Hall–Kier alpha value is -2.61. The van der Waals surface area contributed by atoms with E-state index in [9.17, 15) is 13.6 Å². The van der Waals surface area contributed by atoms with Crippen LogP contribution >= 0.6 is 0 Å². The molecule has 1 heterocycles. The van der Waals surface area contributed by atoms with Crippen molar-refractivity contribution in [2.75, 3.05) is 37.8 Å². The van der Waals surface area contributed by atoms with Crippen molar-refractivity contribution in [2.24, 2.45) is 0 Å². The van der Waals surface area contributed by atoms with E-state index in [4.69, 9.17) is 0 Å². The monoisotopic (exact) mass is 335 g/mol. The fourth-order valence-electron chi connectivity index (χ4n) is 1.93. The maximum absolute atomic E-state index is 13.1. The van der Waals surface area contributed by atoms with E-state index in [1.165, 1.54) is 6.07 Å². The molecule has 128 valence electrons. The molecule has 0 spiro atoms. The molecule has 1 amide bonds. The predicted octanol–water partition coefficient (Wildman–Crippen LogP) is 2.37. The second-order valence-electron chi connectivity index (χ2n) is 5.47. The number of halogens is 2. The quantitative estimate of drug-likeness (QED) is 0.760. The Morgan fingerprint density at radius 2 is 1.79 bits per heavy atom. The van der Waals surface area contributed by atoms with Gasteiger partial charge in [-0.05, 0) is 57.4 Å². The smallest absolute Gasteiger partial charge is 0.256 e. The van der Waals surface area contributed by atoms with Gasteiger partial charge in [0.15, 0.2) is 17.5 Å². The Bertz CT molecular complexity index is 691. The minimum absolute atomic E-state index is 0.00147. The van der Waals surface area contributed by atoms with Crippen molar-refractivity contribution in [3.05, 3.63) is 47.5 Å². The lowest BCUT2D eigenvalue weighted by atomic mass is 10.2. The average molecular weight is 335 g/mol. The number of carbonyl (C=O) groups excluding carboxylic acids is 1. The highest BCUT2D eigenvalue weighted by Gasteiger charge is 2.10. The van der Waals surface area contributed by atoms with Crippen molar-refractivity contribution in [1.82, 2.24) is 15.1 Å². The number of nitrogens with zero attached hydrogens (tertiary/aromatic N) is 3. The van der Waals surface area contributed by atoms with Gasteiger partial charge in [-0.15, -0.1) is 10.2 Å². The van der Waals surface area contributed by atoms with Crippen molar-refractivity contribution in [3.63, 3.8) is 0 Å². The van der Waals surface area contributed by atoms with Gasteiger partial charge in [0.25, 0.3) is 5.91 Å². The van der Waals surface area contributed by atoms with Gasteiger partial charge in [0, 0.05) is 12.1 Å². The van der Waals surface area contributed by atoms with E-state index in [1.807, 2.05) is 14.1 Å². The number of hydrogen-bond acceptors (Lipinski definition) is 5. The number of anilines is 2. The molecular weight excluding hydrogens is 316 g/mol. The highest BCUT2D eigenvalue weighted by atomic mass is 19.2. The van der Waals surface area contributed by atoms with E-state index < -0.39 is 17.5 Å². The van der Waals surface area contributed by atoms with E-state index >= 15 is 0 Å². The summed E-state index contributed by atoms with van der Waals surface area (Å²) in [4.78, 5) is 14.0. The highest BCUT2D eigenvalue weighted by molar-refractivity contribution is 6.03. The number of benzene rings is 1. The Kier molecular flexibility index (Phi) is 6.14. The summed E-state index contributed by atoms with van der Waals surface area (Å²) < 4.78 is 26.0. The molecule has 0 aliphatic heterocycles. The molecule has 1 aromatic carbocycles. The molecular formula is C16H19F2N5O. The van der Waals surface area contributed by atoms with Crippen LogP contribution in [0.3, 0.4) is 0 Å². The molecule has 0 saturated heterocycles. The number of hydrogen-bond donors (Lipinski definition) is 2. The van der Waals surface area contributed by atoms with Gasteiger partial charge in [-0.2, -0.15) is 0 Å². The molecule has 0 fully saturated rings. The van der Waals surface area contributed by atoms with Gasteiger partial charge in [0.2, 0.25) is 0 Å². The third kappa shape index (κ3) is 5.24. The van der Waals surface area contributed by atoms with E-state index in [2.05, 4.69) is 25.7 Å². The van der Waals surface area contributed by atoms with Crippen LogP contribution in [0, 0.1) is 11.6 Å². The van der Waals surface area contributed by atoms with Crippen LogP contribution in [0.5, 0.6) is 0 Å². The Morgan fingerprint density at radius 3 is 2.42 bits per heavy atom. The molecule has 2 N–H and O–H groups in total. The molecule has 0 unspecified atom stereocenters. The number of amides is 1. The first kappa shape index (κ1) is 17.7. The highest BCUT2D eigenvalue weighted by Crippen LogP contribution is 2.11. The van der Waals surface area contributed by atoms with E-state index in [0.717, 1.165) is 31.6 Å². The minimum Gasteiger partial charge on any atom is -0.369 e. The molecule has 24 heavy (non-hydrogen) atoms. The van der Waals surface area contributed by atoms with Gasteiger partial charge < -0.3 is 15.5 Å². The summed E-state index contributed by atoms with van der Waals surface area (Å²) in [6.45, 7) is 1.72. The van der Waals surface area contributed by atoms with Gasteiger partial charge in [-0.3, -0.25) is 4.79 Å². The third-order valence-electron chi connectivity index (χ3n) is 3.18. The second-order valence-corrected chi connectivity index (χ2v) is 5.47. The summed E-state index contributed by atoms with van der Waals surface area (Å²) in [7, 11) is 4.01. The van der Waals surface area contributed by atoms with Crippen LogP contribution in [0.4, 0.5) is 20.4 Å². The molecule has 2 rings (SSSR count). The molecule has 0 atom stereocenters. The topological polar surface area (TPSA) is 70.2 Å². The van der Waals surface area contributed by atoms with Crippen LogP contribution in [-0.2, 0) is 0 Å². The van der Waals surface area contributed by atoms with Crippen molar-refractivity contribution in [3.8, 4) is 0 Å². The SMILES string of the molecule is CN(C)CCCNc1ccc(NC(=O)c2ccc(F)c(F)c2)nn1. The molecule has 0 radical (unpaired) electrons. The normalized spacial score (nSPS) is 10.7. The van der Waals surface area contributed by atoms with Crippen molar-refractivity contribution < 1.29 is 13.6 Å². The molecule has 1 aromatic heterocycles. The van der Waals surface area contributed by atoms with E-state index in [1.54, 1.807) is 12.1 Å². The maximum atomic E-state index is 13.1. The summed E-state index contributed by atoms with van der Waals surface area (Å²) in [6, 6.07) is 6.19. The number of aromatic nitrogens is 2. The average Bonchev–Trinajstić information content (AvgIpc) is 2.55. The summed E-state index contributed by atoms with van der Waals surface area (Å²) >= 11 is 0. The van der Waals surface area contributed by atoms with Crippen molar-refractivity contribution in [1.29, 1.82) is 0 Å². The molecule has 2 aromatic rings. The number of rotatable bonds is 7. The largest absolute Gasteiger partial charge is 0.369 e. The predicted molar refractivity (Wildman–Crippen MR) is 88.0 cm³/mol. The van der Waals surface area contributed by atoms with Gasteiger partial charge in [-0.1, -0.05) is 0 Å². The van der Waals surface area contributed by atoms with E-state index in [0.29, 0.717) is 5.82 Å². The minimum atomic E-state index is -1.08. The molecule has 0 aliphatic carbocycles. The first-order chi connectivity index (χ1) is 11.5. The first-order valence-electron chi connectivity index (χ1n) is 7.44. The molecule has 0 bridgehead atoms. The summed E-state index contributed by atoms with van der Waals surface area (Å²) in [5.41, 5.74) is 0.00147. The lowest BCUT2D eigenvalue weighted by Gasteiger charge is -2.10. The molecule has 6 nitrogen and oxygen atoms in total. The third-order valence-corrected chi connectivity index (χ3v) is 3.18. The number of nitrogens with one attached hydrogen (secondary N) is 2. The van der Waals surface area contributed by atoms with Gasteiger partial charge >= 0.3 is 0 Å². The Labute approximate surface area is 138 Å². The van der Waals surface area contributed by atoms with Gasteiger partial charge in [0.05, 0.1) is 0 Å². The van der Waals surface area contributed by atoms with Gasteiger partial charge in [0.1, 0.15) is 5.82 Å². The Morgan fingerprint density at radius 1 is 1.08 bits per heavy atom. The first-order valence-corrected chi connectivity index (χ1v) is 7.44. The lowest BCUT2D eigenvalue weighted by Crippen LogP contribution is -2.17. The summed E-state index contributed by atoms with van der Waals surface area (Å²) in [6.07, 6.45) is 0.962. The summed E-state index contributed by atoms with van der Waals surface area (Å²) in [5, 5.41) is 13.4. The fraction of sp³-hybridized carbons (Fsp3) is 0.312. The maximum Gasteiger partial charge on any atom is 0.256 e. The zero-order valence-electron chi connectivity index (χ0n) is 13.5. The molecule has 0 aliphatic rings. The van der Waals surface area contributed by atoms with Crippen molar-refractivity contribution in [2.45, 2.75) is 6.42 Å². The fourth-order valence-corrected chi connectivity index (χ4v) is 1.93. The van der Waals surface area contributed by atoms with Crippen LogP contribution in [0.2, 0.25) is 0 Å². The van der Waals surface area contributed by atoms with Crippen LogP contribution in [0.15, 0.2) is 30.3 Å². The van der Waals surface area contributed by atoms with Crippen LogP contribution < -0.4 is 10.6 Å². The Balaban J connectivity index is 1.88. The zero-order valence-corrected chi connectivity index (χ0v) is 13.5. The standard InChI is InChI=1S/C16H19F2N5O/c1-23(2)9-3-8-19-14-6-7-15(22-21-14)20-16(24)11-4-5-12(17)13(18)10-11/h4-7,10H,3,8-9H2,1-2H3,(H,19,21)(H,20,22,24). The molecule has 0 saturated carbocycles. The van der Waals surface area contributed by atoms with Crippen LogP contribution in [-0.4, -0.2) is 48.2 Å².